The van der Waals surface area contributed by atoms with Crippen LogP contribution in [0.3, 0.4) is 0 Å². The Labute approximate surface area is 102 Å². The van der Waals surface area contributed by atoms with E-state index >= 15 is 0 Å². The van der Waals surface area contributed by atoms with Crippen LogP contribution in [-0.4, -0.2) is 16.1 Å². The predicted molar refractivity (Wildman–Crippen MR) is 66.2 cm³/mol. The first-order chi connectivity index (χ1) is 7.18. The number of halogens is 1. The third-order valence-electron chi connectivity index (χ3n) is 2.36. The van der Waals surface area contributed by atoms with Gasteiger partial charge in [-0.1, -0.05) is 52.9 Å². The first kappa shape index (κ1) is 10.8. The fraction of sp³-hybridized carbons (Fsp3) is 0.300. The van der Waals surface area contributed by atoms with E-state index in [9.17, 15) is 4.79 Å². The molecule has 0 saturated carbocycles. The van der Waals surface area contributed by atoms with Gasteiger partial charge in [0.2, 0.25) is 5.91 Å². The molecule has 1 amide bonds. The van der Waals surface area contributed by atoms with E-state index < -0.39 is 6.29 Å². The van der Waals surface area contributed by atoms with E-state index in [4.69, 9.17) is 5.73 Å². The maximum Gasteiger partial charge on any atom is 0.237 e. The Morgan fingerprint density at radius 1 is 1.27 bits per heavy atom. The van der Waals surface area contributed by atoms with Gasteiger partial charge < -0.3 is 5.32 Å². The van der Waals surface area contributed by atoms with Gasteiger partial charge in [0.05, 0.1) is 6.04 Å². The fourth-order valence-electron chi connectivity index (χ4n) is 1.63. The van der Waals surface area contributed by atoms with Gasteiger partial charge in [-0.25, -0.2) is 0 Å². The van der Waals surface area contributed by atoms with Gasteiger partial charge in [0.15, 0.2) is 0 Å². The second-order valence-corrected chi connectivity index (χ2v) is 4.79. The lowest BCUT2D eigenvalue weighted by atomic mass is 10.0. The van der Waals surface area contributed by atoms with Crippen LogP contribution in [0.25, 0.3) is 0 Å². The number of nitrogens with one attached hydrogen (secondary N) is 2. The van der Waals surface area contributed by atoms with E-state index in [1.54, 1.807) is 0 Å². The summed E-state index contributed by atoms with van der Waals surface area (Å²) in [5.74, 6) is -0.0179. The summed E-state index contributed by atoms with van der Waals surface area (Å²) < 4.78 is -0.134. The first-order valence-electron chi connectivity index (χ1n) is 4.69. The Morgan fingerprint density at radius 3 is 2.60 bits per heavy atom. The van der Waals surface area contributed by atoms with Gasteiger partial charge in [-0.2, -0.15) is 0 Å². The normalized spacial score (nSPS) is 31.1. The van der Waals surface area contributed by atoms with Crippen molar-refractivity contribution in [3.05, 3.63) is 35.9 Å². The van der Waals surface area contributed by atoms with E-state index in [1.807, 2.05) is 30.3 Å². The average Bonchev–Trinajstić information content (AvgIpc) is 2.24. The molecule has 5 heteroatoms. The molecule has 1 aliphatic rings. The molecule has 0 aliphatic carbocycles. The monoisotopic (exact) mass is 317 g/mol. The molecule has 1 heterocycles. The van der Waals surface area contributed by atoms with Gasteiger partial charge >= 0.3 is 0 Å². The van der Waals surface area contributed by atoms with Crippen LogP contribution in [0.2, 0.25) is 0 Å². The van der Waals surface area contributed by atoms with Crippen molar-refractivity contribution in [3.63, 3.8) is 0 Å². The lowest BCUT2D eigenvalue weighted by molar-refractivity contribution is -0.123. The zero-order chi connectivity index (χ0) is 10.8. The molecule has 15 heavy (non-hydrogen) atoms. The van der Waals surface area contributed by atoms with Crippen LogP contribution in [0.1, 0.15) is 11.6 Å². The highest BCUT2D eigenvalue weighted by molar-refractivity contribution is 14.1. The maximum atomic E-state index is 11.5. The van der Waals surface area contributed by atoms with E-state index in [0.717, 1.165) is 5.56 Å². The average molecular weight is 317 g/mol. The molecule has 1 aliphatic heterocycles. The Morgan fingerprint density at radius 2 is 1.93 bits per heavy atom. The molecule has 0 radical (unpaired) electrons. The van der Waals surface area contributed by atoms with Crippen molar-refractivity contribution in [2.45, 2.75) is 16.3 Å². The summed E-state index contributed by atoms with van der Waals surface area (Å²) in [5, 5.41) is 5.80. The highest BCUT2D eigenvalue weighted by Gasteiger charge is 2.33. The summed E-state index contributed by atoms with van der Waals surface area (Å²) >= 11 is 2.13. The van der Waals surface area contributed by atoms with Crippen molar-refractivity contribution in [1.29, 1.82) is 0 Å². The summed E-state index contributed by atoms with van der Waals surface area (Å²) in [6.45, 7) is 0. The molecule has 1 saturated heterocycles. The van der Waals surface area contributed by atoms with Gasteiger partial charge in [-0.3, -0.25) is 15.8 Å². The number of alkyl halides is 1. The van der Waals surface area contributed by atoms with Crippen LogP contribution < -0.4 is 16.4 Å². The number of carbonyl (C=O) groups excluding carboxylic acids is 1. The number of carbonyl (C=O) groups is 1. The Kier molecular flexibility index (Phi) is 3.22. The SMILES string of the molecule is NC1NC(=O)C(I)C(c2ccccc2)N1. The molecule has 3 atom stereocenters. The molecule has 1 fully saturated rings. The Bertz CT molecular complexity index is 357. The third kappa shape index (κ3) is 2.30. The molecule has 4 nitrogen and oxygen atoms in total. The summed E-state index contributed by atoms with van der Waals surface area (Å²) in [6.07, 6.45) is -0.464. The third-order valence-corrected chi connectivity index (χ3v) is 3.64. The Balaban J connectivity index is 2.24. The van der Waals surface area contributed by atoms with Crippen LogP contribution in [0.4, 0.5) is 0 Å². The molecule has 1 aromatic rings. The first-order valence-corrected chi connectivity index (χ1v) is 5.94. The lowest BCUT2D eigenvalue weighted by Crippen LogP contribution is -2.62. The van der Waals surface area contributed by atoms with Gasteiger partial charge in [-0.15, -0.1) is 0 Å². The molecule has 1 aromatic carbocycles. The largest absolute Gasteiger partial charge is 0.327 e. The minimum absolute atomic E-state index is 0.0179. The minimum atomic E-state index is -0.464. The molecular weight excluding hydrogens is 305 g/mol. The molecule has 3 unspecified atom stereocenters. The van der Waals surface area contributed by atoms with Crippen molar-refractivity contribution < 1.29 is 4.79 Å². The van der Waals surface area contributed by atoms with Crippen LogP contribution >= 0.6 is 22.6 Å². The standard InChI is InChI=1S/C10H12IN3O/c11-7-8(6-4-2-1-3-5-6)13-10(12)14-9(7)15/h1-5,7-8,10,13H,12H2,(H,14,15). The Hall–Kier alpha value is -0.660. The van der Waals surface area contributed by atoms with Crippen molar-refractivity contribution in [2.75, 3.05) is 0 Å². The number of hydrogen-bond donors (Lipinski definition) is 3. The number of rotatable bonds is 1. The summed E-state index contributed by atoms with van der Waals surface area (Å²) in [7, 11) is 0. The smallest absolute Gasteiger partial charge is 0.237 e. The van der Waals surface area contributed by atoms with Crippen LogP contribution in [0.5, 0.6) is 0 Å². The van der Waals surface area contributed by atoms with Crippen LogP contribution in [0, 0.1) is 0 Å². The van der Waals surface area contributed by atoms with Crippen LogP contribution in [-0.2, 0) is 4.79 Å². The summed E-state index contributed by atoms with van der Waals surface area (Å²) in [4.78, 5) is 11.5. The van der Waals surface area contributed by atoms with Crippen molar-refractivity contribution >= 4 is 28.5 Å². The van der Waals surface area contributed by atoms with Crippen molar-refractivity contribution in [1.82, 2.24) is 10.6 Å². The topological polar surface area (TPSA) is 67.1 Å². The molecule has 0 aromatic heterocycles. The summed E-state index contributed by atoms with van der Waals surface area (Å²) in [6, 6.07) is 9.84. The van der Waals surface area contributed by atoms with Crippen molar-refractivity contribution in [2.24, 2.45) is 5.73 Å². The highest BCUT2D eigenvalue weighted by atomic mass is 127. The molecule has 80 valence electrons. The second kappa shape index (κ2) is 4.46. The lowest BCUT2D eigenvalue weighted by Gasteiger charge is -2.33. The van der Waals surface area contributed by atoms with E-state index in [-0.39, 0.29) is 15.9 Å². The molecule has 0 spiro atoms. The molecule has 4 N–H and O–H groups in total. The fourth-order valence-corrected chi connectivity index (χ4v) is 2.43. The minimum Gasteiger partial charge on any atom is -0.327 e. The maximum absolute atomic E-state index is 11.5. The number of benzene rings is 1. The van der Waals surface area contributed by atoms with Gasteiger partial charge in [0.25, 0.3) is 0 Å². The van der Waals surface area contributed by atoms with E-state index in [0.29, 0.717) is 0 Å². The van der Waals surface area contributed by atoms with Crippen LogP contribution in [0.15, 0.2) is 30.3 Å². The molecular formula is C10H12IN3O. The quantitative estimate of drug-likeness (QED) is 0.522. The van der Waals surface area contributed by atoms with Crippen molar-refractivity contribution in [3.8, 4) is 0 Å². The highest BCUT2D eigenvalue weighted by Crippen LogP contribution is 2.25. The van der Waals surface area contributed by atoms with Gasteiger partial charge in [0.1, 0.15) is 10.2 Å². The molecule has 2 rings (SSSR count). The van der Waals surface area contributed by atoms with E-state index in [1.165, 1.54) is 0 Å². The second-order valence-electron chi connectivity index (χ2n) is 3.44. The number of nitrogens with two attached hydrogens (primary N) is 1. The number of amides is 1. The predicted octanol–water partition coefficient (Wildman–Crippen LogP) is 0.493. The zero-order valence-corrected chi connectivity index (χ0v) is 10.1. The zero-order valence-electron chi connectivity index (χ0n) is 7.98. The van der Waals surface area contributed by atoms with Gasteiger partial charge in [0, 0.05) is 0 Å². The summed E-state index contributed by atoms with van der Waals surface area (Å²) in [5.41, 5.74) is 6.75. The number of hydrogen-bond acceptors (Lipinski definition) is 3. The van der Waals surface area contributed by atoms with Gasteiger partial charge in [-0.05, 0) is 5.56 Å². The molecule has 0 bridgehead atoms. The van der Waals surface area contributed by atoms with E-state index in [2.05, 4.69) is 33.2 Å².